The van der Waals surface area contributed by atoms with Crippen LogP contribution in [-0.4, -0.2) is 43.1 Å². The molecule has 120 valence electrons. The van der Waals surface area contributed by atoms with Crippen LogP contribution in [0.15, 0.2) is 22.5 Å². The standard InChI is InChI=1S/C15H26N4S.HI/c1-3-16-15(18-12-14-8-6-10-20-14)17-11-13-7-5-9-19(13)4-2;/h6,8,10,13H,3-5,7,9,11-12H2,1-2H3,(H2,16,17,18);1H. The third-order valence-corrected chi connectivity index (χ3v) is 4.59. The second kappa shape index (κ2) is 10.4. The van der Waals surface area contributed by atoms with Gasteiger partial charge in [0, 0.05) is 24.0 Å². The molecule has 1 saturated heterocycles. The van der Waals surface area contributed by atoms with Gasteiger partial charge in [-0.3, -0.25) is 4.90 Å². The van der Waals surface area contributed by atoms with Gasteiger partial charge < -0.3 is 10.6 Å². The Kier molecular flexibility index (Phi) is 9.26. The lowest BCUT2D eigenvalue weighted by molar-refractivity contribution is 0.267. The minimum absolute atomic E-state index is 0. The molecule has 6 heteroatoms. The largest absolute Gasteiger partial charge is 0.357 e. The minimum atomic E-state index is 0. The zero-order valence-electron chi connectivity index (χ0n) is 13.0. The van der Waals surface area contributed by atoms with E-state index in [2.05, 4.69) is 51.9 Å². The molecule has 0 spiro atoms. The molecule has 0 aliphatic carbocycles. The van der Waals surface area contributed by atoms with E-state index in [-0.39, 0.29) is 24.0 Å². The van der Waals surface area contributed by atoms with E-state index in [1.807, 2.05) is 0 Å². The summed E-state index contributed by atoms with van der Waals surface area (Å²) >= 11 is 1.76. The number of likely N-dealkylation sites (tertiary alicyclic amines) is 1. The van der Waals surface area contributed by atoms with Gasteiger partial charge in [0.05, 0.1) is 6.54 Å². The van der Waals surface area contributed by atoms with Crippen LogP contribution >= 0.6 is 35.3 Å². The fraction of sp³-hybridized carbons (Fsp3) is 0.667. The highest BCUT2D eigenvalue weighted by atomic mass is 127. The number of nitrogens with zero attached hydrogens (tertiary/aromatic N) is 2. The second-order valence-electron chi connectivity index (χ2n) is 5.08. The average Bonchev–Trinajstić information content (AvgIpc) is 3.12. The highest BCUT2D eigenvalue weighted by Gasteiger charge is 2.22. The van der Waals surface area contributed by atoms with E-state index < -0.39 is 0 Å². The van der Waals surface area contributed by atoms with Gasteiger partial charge in [0.1, 0.15) is 0 Å². The van der Waals surface area contributed by atoms with E-state index in [9.17, 15) is 0 Å². The van der Waals surface area contributed by atoms with Gasteiger partial charge in [-0.25, -0.2) is 4.99 Å². The second-order valence-corrected chi connectivity index (χ2v) is 6.11. The molecule has 1 aliphatic heterocycles. The Morgan fingerprint density at radius 3 is 2.95 bits per heavy atom. The molecule has 0 bridgehead atoms. The van der Waals surface area contributed by atoms with Gasteiger partial charge in [0.15, 0.2) is 5.96 Å². The Hall–Kier alpha value is -0.340. The molecule has 1 atom stereocenters. The number of hydrogen-bond donors (Lipinski definition) is 2. The summed E-state index contributed by atoms with van der Waals surface area (Å²) in [5.41, 5.74) is 0. The molecule has 1 fully saturated rings. The van der Waals surface area contributed by atoms with E-state index >= 15 is 0 Å². The number of nitrogens with one attached hydrogen (secondary N) is 2. The molecular formula is C15H27IN4S. The summed E-state index contributed by atoms with van der Waals surface area (Å²) < 4.78 is 0. The number of hydrogen-bond acceptors (Lipinski definition) is 3. The number of likely N-dealkylation sites (N-methyl/N-ethyl adjacent to an activating group) is 1. The minimum Gasteiger partial charge on any atom is -0.357 e. The SMILES string of the molecule is CCNC(=NCc1cccs1)NCC1CCCN1CC.I. The number of guanidine groups is 1. The predicted octanol–water partition coefficient (Wildman–Crippen LogP) is 2.91. The van der Waals surface area contributed by atoms with Gasteiger partial charge in [-0.05, 0) is 44.3 Å². The highest BCUT2D eigenvalue weighted by molar-refractivity contribution is 14.0. The van der Waals surface area contributed by atoms with Crippen LogP contribution in [0.3, 0.4) is 0 Å². The van der Waals surface area contributed by atoms with Crippen molar-refractivity contribution in [2.45, 2.75) is 39.3 Å². The molecule has 1 aromatic heterocycles. The maximum absolute atomic E-state index is 4.65. The normalized spacial score (nSPS) is 19.3. The Balaban J connectivity index is 0.00000220. The van der Waals surface area contributed by atoms with Crippen LogP contribution in [0.25, 0.3) is 0 Å². The maximum atomic E-state index is 4.65. The lowest BCUT2D eigenvalue weighted by Crippen LogP contribution is -2.44. The first-order chi connectivity index (χ1) is 9.83. The number of aliphatic imine (C=N–C) groups is 1. The fourth-order valence-electron chi connectivity index (χ4n) is 2.66. The quantitative estimate of drug-likeness (QED) is 0.421. The summed E-state index contributed by atoms with van der Waals surface area (Å²) in [5.74, 6) is 0.934. The first-order valence-electron chi connectivity index (χ1n) is 7.62. The van der Waals surface area contributed by atoms with Gasteiger partial charge in [-0.1, -0.05) is 13.0 Å². The summed E-state index contributed by atoms with van der Waals surface area (Å²) in [6.45, 7) is 9.39. The number of thiophene rings is 1. The first-order valence-corrected chi connectivity index (χ1v) is 8.50. The topological polar surface area (TPSA) is 39.7 Å². The zero-order valence-corrected chi connectivity index (χ0v) is 16.1. The van der Waals surface area contributed by atoms with Crippen molar-refractivity contribution in [1.29, 1.82) is 0 Å². The Morgan fingerprint density at radius 1 is 1.43 bits per heavy atom. The molecule has 0 saturated carbocycles. The van der Waals surface area contributed by atoms with E-state index in [1.165, 1.54) is 24.3 Å². The fourth-order valence-corrected chi connectivity index (χ4v) is 3.29. The van der Waals surface area contributed by atoms with Crippen LogP contribution in [0.5, 0.6) is 0 Å². The van der Waals surface area contributed by atoms with E-state index in [0.29, 0.717) is 6.04 Å². The van der Waals surface area contributed by atoms with Crippen LogP contribution in [-0.2, 0) is 6.54 Å². The summed E-state index contributed by atoms with van der Waals surface area (Å²) in [4.78, 5) is 8.51. The lowest BCUT2D eigenvalue weighted by atomic mass is 10.2. The predicted molar refractivity (Wildman–Crippen MR) is 103 cm³/mol. The van der Waals surface area contributed by atoms with Crippen molar-refractivity contribution >= 4 is 41.3 Å². The molecule has 2 heterocycles. The van der Waals surface area contributed by atoms with Crippen molar-refractivity contribution in [3.05, 3.63) is 22.4 Å². The van der Waals surface area contributed by atoms with Gasteiger partial charge in [0.2, 0.25) is 0 Å². The number of rotatable bonds is 6. The van der Waals surface area contributed by atoms with Crippen LogP contribution in [0.1, 0.15) is 31.6 Å². The van der Waals surface area contributed by atoms with E-state index in [1.54, 1.807) is 11.3 Å². The molecule has 0 amide bonds. The highest BCUT2D eigenvalue weighted by Crippen LogP contribution is 2.15. The third kappa shape index (κ3) is 6.12. The van der Waals surface area contributed by atoms with Crippen molar-refractivity contribution in [2.75, 3.05) is 26.2 Å². The zero-order chi connectivity index (χ0) is 14.2. The molecule has 4 nitrogen and oxygen atoms in total. The maximum Gasteiger partial charge on any atom is 0.191 e. The Labute approximate surface area is 149 Å². The molecule has 21 heavy (non-hydrogen) atoms. The molecule has 1 aliphatic rings. The summed E-state index contributed by atoms with van der Waals surface area (Å²) in [5, 5.41) is 8.92. The van der Waals surface area contributed by atoms with Crippen LogP contribution in [0, 0.1) is 0 Å². The van der Waals surface area contributed by atoms with Gasteiger partial charge in [0.25, 0.3) is 0 Å². The molecular weight excluding hydrogens is 395 g/mol. The Bertz CT molecular complexity index is 408. The first kappa shape index (κ1) is 18.7. The van der Waals surface area contributed by atoms with Crippen LogP contribution in [0.4, 0.5) is 0 Å². The monoisotopic (exact) mass is 422 g/mol. The van der Waals surface area contributed by atoms with Gasteiger partial charge in [-0.2, -0.15) is 0 Å². The van der Waals surface area contributed by atoms with Crippen LogP contribution < -0.4 is 10.6 Å². The van der Waals surface area contributed by atoms with E-state index in [0.717, 1.165) is 32.1 Å². The van der Waals surface area contributed by atoms with E-state index in [4.69, 9.17) is 0 Å². The molecule has 2 N–H and O–H groups in total. The van der Waals surface area contributed by atoms with Gasteiger partial charge >= 0.3 is 0 Å². The third-order valence-electron chi connectivity index (χ3n) is 3.73. The molecule has 2 rings (SSSR count). The van der Waals surface area contributed by atoms with Gasteiger partial charge in [-0.15, -0.1) is 35.3 Å². The van der Waals surface area contributed by atoms with Crippen molar-refractivity contribution in [2.24, 2.45) is 4.99 Å². The smallest absolute Gasteiger partial charge is 0.191 e. The van der Waals surface area contributed by atoms with Crippen molar-refractivity contribution in [3.8, 4) is 0 Å². The van der Waals surface area contributed by atoms with Crippen molar-refractivity contribution in [1.82, 2.24) is 15.5 Å². The van der Waals surface area contributed by atoms with Crippen LogP contribution in [0.2, 0.25) is 0 Å². The lowest BCUT2D eigenvalue weighted by Gasteiger charge is -2.23. The number of halogens is 1. The summed E-state index contributed by atoms with van der Waals surface area (Å²) in [7, 11) is 0. The van der Waals surface area contributed by atoms with Crippen molar-refractivity contribution in [3.63, 3.8) is 0 Å². The molecule has 0 radical (unpaired) electrons. The Morgan fingerprint density at radius 2 is 2.29 bits per heavy atom. The summed E-state index contributed by atoms with van der Waals surface area (Å²) in [6, 6.07) is 4.87. The average molecular weight is 422 g/mol. The molecule has 1 aromatic rings. The molecule has 1 unspecified atom stereocenters. The molecule has 0 aromatic carbocycles. The van der Waals surface area contributed by atoms with Crippen molar-refractivity contribution < 1.29 is 0 Å². The summed E-state index contributed by atoms with van der Waals surface area (Å²) in [6.07, 6.45) is 2.62.